The maximum Gasteiger partial charge on any atom is 0.138 e. The van der Waals surface area contributed by atoms with Crippen molar-refractivity contribution in [3.05, 3.63) is 12.2 Å². The Balaban J connectivity index is 2.45. The Morgan fingerprint density at radius 1 is 1.50 bits per heavy atom. The van der Waals surface area contributed by atoms with Gasteiger partial charge in [0.15, 0.2) is 0 Å². The van der Waals surface area contributed by atoms with Crippen LogP contribution in [0, 0.1) is 0 Å². The number of rotatable bonds is 0. The zero-order chi connectivity index (χ0) is 4.57. The molecule has 0 spiro atoms. The largest absolute Gasteiger partial charge is 0.241 e. The Labute approximate surface area is 40.6 Å². The average Bonchev–Trinajstić information content (AvgIpc) is 1.61. The lowest BCUT2D eigenvalue weighted by Crippen LogP contribution is -2.18. The highest BCUT2D eigenvalue weighted by atomic mass is 35.5. The van der Waals surface area contributed by atoms with Crippen LogP contribution in [0.2, 0.25) is 0 Å². The zero-order valence-electron chi connectivity index (χ0n) is 3.07. The van der Waals surface area contributed by atoms with E-state index in [0.717, 1.165) is 0 Å². The van der Waals surface area contributed by atoms with Crippen LogP contribution in [0.4, 0.5) is 4.39 Å². The first-order chi connectivity index (χ1) is 2.80. The van der Waals surface area contributed by atoms with Gasteiger partial charge in [-0.15, -0.1) is 11.6 Å². The maximum absolute atomic E-state index is 11.7. The van der Waals surface area contributed by atoms with E-state index in [-0.39, 0.29) is 5.38 Å². The predicted octanol–water partition coefficient (Wildman–Crippen LogP) is 1.50. The Kier molecular flexibility index (Phi) is 0.845. The van der Waals surface area contributed by atoms with E-state index in [1.54, 1.807) is 6.08 Å². The predicted molar refractivity (Wildman–Crippen MR) is 23.7 cm³/mol. The summed E-state index contributed by atoms with van der Waals surface area (Å²) in [6.45, 7) is 0. The second kappa shape index (κ2) is 1.23. The molecule has 1 aliphatic carbocycles. The Morgan fingerprint density at radius 3 is 2.00 bits per heavy atom. The fourth-order valence-electron chi connectivity index (χ4n) is 0.279. The molecule has 0 aliphatic heterocycles. The molecule has 0 saturated carbocycles. The molecule has 0 fully saturated rings. The molecule has 0 aromatic rings. The summed E-state index contributed by atoms with van der Waals surface area (Å²) in [5.41, 5.74) is 0. The minimum absolute atomic E-state index is 0.343. The van der Waals surface area contributed by atoms with Crippen molar-refractivity contribution in [2.24, 2.45) is 0 Å². The monoisotopic (exact) mass is 106 g/mol. The third-order valence-electron chi connectivity index (χ3n) is 0.783. The van der Waals surface area contributed by atoms with E-state index in [1.807, 2.05) is 0 Å². The number of allylic oxidation sites excluding steroid dienone is 2. The Morgan fingerprint density at radius 2 is 2.00 bits per heavy atom. The third kappa shape index (κ3) is 0.432. The van der Waals surface area contributed by atoms with Gasteiger partial charge in [0.2, 0.25) is 0 Å². The average molecular weight is 107 g/mol. The molecule has 34 valence electrons. The molecule has 0 saturated heterocycles. The van der Waals surface area contributed by atoms with Crippen LogP contribution in [0.15, 0.2) is 12.2 Å². The smallest absolute Gasteiger partial charge is 0.138 e. The van der Waals surface area contributed by atoms with Crippen LogP contribution >= 0.6 is 11.6 Å². The molecule has 0 aromatic carbocycles. The molecule has 0 aromatic heterocycles. The third-order valence-corrected chi connectivity index (χ3v) is 1.17. The lowest BCUT2D eigenvalue weighted by atomic mass is 10.1. The first kappa shape index (κ1) is 4.13. The van der Waals surface area contributed by atoms with Crippen LogP contribution in [0.3, 0.4) is 0 Å². The Hall–Kier alpha value is -0.0400. The molecule has 2 unspecified atom stereocenters. The molecule has 1 rings (SSSR count). The molecule has 0 heterocycles. The summed E-state index contributed by atoms with van der Waals surface area (Å²) in [7, 11) is 0. The minimum Gasteiger partial charge on any atom is -0.241 e. The van der Waals surface area contributed by atoms with Crippen LogP contribution in [0.5, 0.6) is 0 Å². The van der Waals surface area contributed by atoms with Crippen LogP contribution in [-0.4, -0.2) is 11.5 Å². The van der Waals surface area contributed by atoms with Gasteiger partial charge in [-0.05, 0) is 0 Å². The van der Waals surface area contributed by atoms with Crippen LogP contribution in [0.1, 0.15) is 0 Å². The fraction of sp³-hybridized carbons (Fsp3) is 0.500. The van der Waals surface area contributed by atoms with Gasteiger partial charge in [0.05, 0.1) is 5.38 Å². The summed E-state index contributed by atoms with van der Waals surface area (Å²) in [5.74, 6) is 0. The lowest BCUT2D eigenvalue weighted by Gasteiger charge is -2.13. The number of halogens is 2. The van der Waals surface area contributed by atoms with E-state index >= 15 is 0 Å². The SMILES string of the molecule is FC1C=CC1Cl. The van der Waals surface area contributed by atoms with E-state index < -0.39 is 6.17 Å². The molecule has 2 heteroatoms. The van der Waals surface area contributed by atoms with Crippen molar-refractivity contribution in [2.75, 3.05) is 0 Å². The highest BCUT2D eigenvalue weighted by molar-refractivity contribution is 6.23. The molecule has 2 atom stereocenters. The lowest BCUT2D eigenvalue weighted by molar-refractivity contribution is 0.383. The fourth-order valence-corrected chi connectivity index (χ4v) is 0.447. The second-order valence-corrected chi connectivity index (χ2v) is 1.78. The van der Waals surface area contributed by atoms with Gasteiger partial charge in [-0.25, -0.2) is 4.39 Å². The summed E-state index contributed by atoms with van der Waals surface area (Å²) in [6.07, 6.45) is 2.19. The molecule has 0 nitrogen and oxygen atoms in total. The zero-order valence-corrected chi connectivity index (χ0v) is 3.82. The molecule has 0 N–H and O–H groups in total. The van der Waals surface area contributed by atoms with E-state index in [2.05, 4.69) is 0 Å². The summed E-state index contributed by atoms with van der Waals surface area (Å²) in [6, 6.07) is 0. The second-order valence-electron chi connectivity index (χ2n) is 1.27. The first-order valence-electron chi connectivity index (χ1n) is 1.77. The van der Waals surface area contributed by atoms with Gasteiger partial charge in [0, 0.05) is 0 Å². The van der Waals surface area contributed by atoms with Crippen LogP contribution in [-0.2, 0) is 0 Å². The standard InChI is InChI=1S/C4H4ClF/c5-3-1-2-4(3)6/h1-4H. The highest BCUT2D eigenvalue weighted by Crippen LogP contribution is 2.18. The van der Waals surface area contributed by atoms with E-state index in [0.29, 0.717) is 0 Å². The summed E-state index contributed by atoms with van der Waals surface area (Å²) in [4.78, 5) is 0. The van der Waals surface area contributed by atoms with Crippen molar-refractivity contribution < 1.29 is 4.39 Å². The van der Waals surface area contributed by atoms with E-state index in [1.165, 1.54) is 6.08 Å². The number of hydrogen-bond donors (Lipinski definition) is 0. The highest BCUT2D eigenvalue weighted by Gasteiger charge is 2.19. The van der Waals surface area contributed by atoms with Gasteiger partial charge in [0.25, 0.3) is 0 Å². The van der Waals surface area contributed by atoms with Crippen LogP contribution < -0.4 is 0 Å². The number of alkyl halides is 2. The van der Waals surface area contributed by atoms with Gasteiger partial charge in [-0.1, -0.05) is 12.2 Å². The van der Waals surface area contributed by atoms with Crippen molar-refractivity contribution in [3.8, 4) is 0 Å². The van der Waals surface area contributed by atoms with Gasteiger partial charge in [0.1, 0.15) is 6.17 Å². The van der Waals surface area contributed by atoms with E-state index in [9.17, 15) is 4.39 Å². The van der Waals surface area contributed by atoms with Crippen molar-refractivity contribution >= 4 is 11.6 Å². The van der Waals surface area contributed by atoms with Gasteiger partial charge in [-0.3, -0.25) is 0 Å². The normalized spacial score (nSPS) is 42.3. The summed E-state index contributed by atoms with van der Waals surface area (Å²) >= 11 is 5.24. The first-order valence-corrected chi connectivity index (χ1v) is 2.21. The molecular formula is C4H4ClF. The van der Waals surface area contributed by atoms with Crippen LogP contribution in [0.25, 0.3) is 0 Å². The van der Waals surface area contributed by atoms with Gasteiger partial charge in [-0.2, -0.15) is 0 Å². The molecule has 6 heavy (non-hydrogen) atoms. The van der Waals surface area contributed by atoms with Crippen molar-refractivity contribution in [3.63, 3.8) is 0 Å². The molecule has 1 aliphatic rings. The van der Waals surface area contributed by atoms with Crippen molar-refractivity contribution in [2.45, 2.75) is 11.5 Å². The molecule has 0 radical (unpaired) electrons. The topological polar surface area (TPSA) is 0 Å². The minimum atomic E-state index is -0.883. The summed E-state index contributed by atoms with van der Waals surface area (Å²) in [5, 5.41) is -0.343. The van der Waals surface area contributed by atoms with Gasteiger partial charge < -0.3 is 0 Å². The molecule has 0 amide bonds. The van der Waals surface area contributed by atoms with Crippen molar-refractivity contribution in [1.82, 2.24) is 0 Å². The maximum atomic E-state index is 11.7. The quantitative estimate of drug-likeness (QED) is 0.324. The van der Waals surface area contributed by atoms with Gasteiger partial charge >= 0.3 is 0 Å². The van der Waals surface area contributed by atoms with E-state index in [4.69, 9.17) is 11.6 Å². The molecular weight excluding hydrogens is 102 g/mol. The summed E-state index contributed by atoms with van der Waals surface area (Å²) < 4.78 is 11.7. The van der Waals surface area contributed by atoms with Crippen molar-refractivity contribution in [1.29, 1.82) is 0 Å². The molecule has 0 bridgehead atoms. The number of hydrogen-bond acceptors (Lipinski definition) is 0. The Bertz CT molecular complexity index is 69.6.